The second kappa shape index (κ2) is 9.23. The smallest absolute Gasteiger partial charge is 0.258 e. The molecule has 0 aliphatic heterocycles. The zero-order chi connectivity index (χ0) is 23.7. The first-order chi connectivity index (χ1) is 15.8. The molecular formula is C24H24ClF2N5O. The summed E-state index contributed by atoms with van der Waals surface area (Å²) in [7, 11) is 2.01. The SMILES string of the molecule is CCN(CC)c1cn(C)c2ccc(-c3cnc(N)c(OCc4c(F)ccc(F)c4Cl)n3)cc12. The summed E-state index contributed by atoms with van der Waals surface area (Å²) in [6.07, 6.45) is 3.67. The molecule has 0 saturated heterocycles. The van der Waals surface area contributed by atoms with Gasteiger partial charge < -0.3 is 19.9 Å². The lowest BCUT2D eigenvalue weighted by Gasteiger charge is -2.20. The van der Waals surface area contributed by atoms with Crippen molar-refractivity contribution < 1.29 is 13.5 Å². The molecule has 33 heavy (non-hydrogen) atoms. The highest BCUT2D eigenvalue weighted by Gasteiger charge is 2.16. The molecule has 0 fully saturated rings. The fourth-order valence-corrected chi connectivity index (χ4v) is 4.02. The summed E-state index contributed by atoms with van der Waals surface area (Å²) in [5, 5.41) is 0.754. The summed E-state index contributed by atoms with van der Waals surface area (Å²) in [6.45, 7) is 5.68. The van der Waals surface area contributed by atoms with E-state index in [9.17, 15) is 8.78 Å². The quantitative estimate of drug-likeness (QED) is 0.357. The maximum Gasteiger partial charge on any atom is 0.258 e. The molecule has 0 bridgehead atoms. The molecular weight excluding hydrogens is 448 g/mol. The van der Waals surface area contributed by atoms with Crippen molar-refractivity contribution in [2.45, 2.75) is 20.5 Å². The normalized spacial score (nSPS) is 11.2. The number of nitrogens with two attached hydrogens (primary N) is 1. The third-order valence-electron chi connectivity index (χ3n) is 5.63. The number of aryl methyl sites for hydroxylation is 1. The Morgan fingerprint density at radius 2 is 1.85 bits per heavy atom. The van der Waals surface area contributed by atoms with E-state index in [1.54, 1.807) is 6.20 Å². The van der Waals surface area contributed by atoms with Crippen molar-refractivity contribution in [2.24, 2.45) is 7.05 Å². The first-order valence-electron chi connectivity index (χ1n) is 10.6. The van der Waals surface area contributed by atoms with Gasteiger partial charge in [-0.3, -0.25) is 0 Å². The van der Waals surface area contributed by atoms with Crippen LogP contribution >= 0.6 is 11.6 Å². The maximum absolute atomic E-state index is 14.1. The Labute approximate surface area is 195 Å². The van der Waals surface area contributed by atoms with Crippen LogP contribution in [0, 0.1) is 11.6 Å². The van der Waals surface area contributed by atoms with E-state index in [4.69, 9.17) is 22.1 Å². The van der Waals surface area contributed by atoms with Gasteiger partial charge in [-0.1, -0.05) is 17.7 Å². The molecule has 0 spiro atoms. The Morgan fingerprint density at radius 1 is 1.12 bits per heavy atom. The number of benzene rings is 2. The maximum atomic E-state index is 14.1. The lowest BCUT2D eigenvalue weighted by atomic mass is 10.1. The van der Waals surface area contributed by atoms with Gasteiger partial charge in [0.15, 0.2) is 5.82 Å². The molecule has 6 nitrogen and oxygen atoms in total. The first-order valence-corrected chi connectivity index (χ1v) is 10.9. The summed E-state index contributed by atoms with van der Waals surface area (Å²) in [4.78, 5) is 10.9. The number of halogens is 3. The van der Waals surface area contributed by atoms with E-state index >= 15 is 0 Å². The van der Waals surface area contributed by atoms with Crippen molar-refractivity contribution in [2.75, 3.05) is 23.7 Å². The fraction of sp³-hybridized carbons (Fsp3) is 0.250. The minimum atomic E-state index is -0.732. The first kappa shape index (κ1) is 22.8. The predicted molar refractivity (Wildman–Crippen MR) is 128 cm³/mol. The predicted octanol–water partition coefficient (Wildman–Crippen LogP) is 5.57. The van der Waals surface area contributed by atoms with Crippen LogP contribution in [0.2, 0.25) is 5.02 Å². The van der Waals surface area contributed by atoms with Crippen LogP contribution in [0.5, 0.6) is 5.88 Å². The average Bonchev–Trinajstić information content (AvgIpc) is 3.14. The standard InChI is InChI=1S/C24H24ClF2N5O/c1-4-32(5-2)21-12-31(3)20-9-6-14(10-15(20)21)19-11-29-23(28)24(30-19)33-13-16-17(26)7-8-18(27)22(16)25/h6-12H,4-5,13H2,1-3H3,(H2,28,29). The summed E-state index contributed by atoms with van der Waals surface area (Å²) in [5.41, 5.74) is 9.41. The van der Waals surface area contributed by atoms with Crippen molar-refractivity contribution in [3.05, 3.63) is 64.9 Å². The second-order valence-electron chi connectivity index (χ2n) is 7.59. The van der Waals surface area contributed by atoms with E-state index in [-0.39, 0.29) is 28.9 Å². The number of aromatic nitrogens is 3. The molecule has 0 aliphatic rings. The molecule has 0 amide bonds. The van der Waals surface area contributed by atoms with E-state index in [0.717, 1.165) is 47.4 Å². The van der Waals surface area contributed by atoms with E-state index < -0.39 is 11.6 Å². The van der Waals surface area contributed by atoms with Gasteiger partial charge in [-0.05, 0) is 38.1 Å². The molecule has 2 aromatic heterocycles. The molecule has 0 aliphatic carbocycles. The highest BCUT2D eigenvalue weighted by atomic mass is 35.5. The summed E-state index contributed by atoms with van der Waals surface area (Å²) < 4.78 is 35.5. The fourth-order valence-electron chi connectivity index (χ4n) is 3.82. The molecule has 2 N–H and O–H groups in total. The number of ether oxygens (including phenoxy) is 1. The van der Waals surface area contributed by atoms with Crippen LogP contribution in [0.25, 0.3) is 22.2 Å². The van der Waals surface area contributed by atoms with Gasteiger partial charge in [0.25, 0.3) is 5.88 Å². The molecule has 4 rings (SSSR count). The molecule has 172 valence electrons. The highest BCUT2D eigenvalue weighted by Crippen LogP contribution is 2.33. The second-order valence-corrected chi connectivity index (χ2v) is 7.96. The molecule has 0 unspecified atom stereocenters. The zero-order valence-corrected chi connectivity index (χ0v) is 19.3. The van der Waals surface area contributed by atoms with Crippen LogP contribution < -0.4 is 15.4 Å². The number of anilines is 2. The largest absolute Gasteiger partial charge is 0.470 e. The molecule has 0 radical (unpaired) electrons. The van der Waals surface area contributed by atoms with Crippen LogP contribution in [-0.2, 0) is 13.7 Å². The van der Waals surface area contributed by atoms with E-state index in [1.807, 2.05) is 19.2 Å². The zero-order valence-electron chi connectivity index (χ0n) is 18.6. The highest BCUT2D eigenvalue weighted by molar-refractivity contribution is 6.31. The Morgan fingerprint density at radius 3 is 2.58 bits per heavy atom. The van der Waals surface area contributed by atoms with Gasteiger partial charge in [0.2, 0.25) is 0 Å². The lowest BCUT2D eigenvalue weighted by molar-refractivity contribution is 0.288. The van der Waals surface area contributed by atoms with Crippen LogP contribution in [0.15, 0.2) is 42.7 Å². The minimum Gasteiger partial charge on any atom is -0.470 e. The number of rotatable bonds is 7. The van der Waals surface area contributed by atoms with Gasteiger partial charge in [-0.2, -0.15) is 0 Å². The summed E-state index contributed by atoms with van der Waals surface area (Å²) in [6, 6.07) is 7.98. The van der Waals surface area contributed by atoms with Crippen molar-refractivity contribution >= 4 is 34.0 Å². The number of nitrogens with zero attached hydrogens (tertiary/aromatic N) is 4. The third kappa shape index (κ3) is 4.30. The minimum absolute atomic E-state index is 0.0179. The molecule has 2 heterocycles. The van der Waals surface area contributed by atoms with Gasteiger partial charge in [0, 0.05) is 48.4 Å². The third-order valence-corrected chi connectivity index (χ3v) is 6.04. The van der Waals surface area contributed by atoms with E-state index in [0.29, 0.717) is 5.69 Å². The molecule has 0 atom stereocenters. The van der Waals surface area contributed by atoms with Crippen molar-refractivity contribution in [1.29, 1.82) is 0 Å². The van der Waals surface area contributed by atoms with Gasteiger partial charge >= 0.3 is 0 Å². The average molecular weight is 472 g/mol. The Kier molecular flexibility index (Phi) is 6.37. The monoisotopic (exact) mass is 471 g/mol. The van der Waals surface area contributed by atoms with Crippen LogP contribution in [0.4, 0.5) is 20.3 Å². The van der Waals surface area contributed by atoms with E-state index in [2.05, 4.69) is 45.5 Å². The van der Waals surface area contributed by atoms with Gasteiger partial charge in [-0.25, -0.2) is 18.7 Å². The number of hydrogen-bond donors (Lipinski definition) is 1. The Balaban J connectivity index is 1.69. The van der Waals surface area contributed by atoms with Gasteiger partial charge in [0.05, 0.1) is 22.6 Å². The lowest BCUT2D eigenvalue weighted by Crippen LogP contribution is -2.21. The Bertz CT molecular complexity index is 1320. The van der Waals surface area contributed by atoms with Crippen molar-refractivity contribution in [3.8, 4) is 17.1 Å². The number of nitrogen functional groups attached to an aromatic ring is 1. The Hall–Kier alpha value is -3.39. The molecule has 0 saturated carbocycles. The van der Waals surface area contributed by atoms with E-state index in [1.165, 1.54) is 0 Å². The van der Waals surface area contributed by atoms with Crippen molar-refractivity contribution in [3.63, 3.8) is 0 Å². The van der Waals surface area contributed by atoms with Gasteiger partial charge in [0.1, 0.15) is 18.2 Å². The van der Waals surface area contributed by atoms with Crippen LogP contribution in [0.1, 0.15) is 19.4 Å². The molecule has 2 aromatic carbocycles. The molecule has 4 aromatic rings. The molecule has 9 heteroatoms. The van der Waals surface area contributed by atoms with Crippen molar-refractivity contribution in [1.82, 2.24) is 14.5 Å². The van der Waals surface area contributed by atoms with Gasteiger partial charge in [-0.15, -0.1) is 0 Å². The number of hydrogen-bond acceptors (Lipinski definition) is 5. The number of fused-ring (bicyclic) bond motifs is 1. The van der Waals surface area contributed by atoms with Crippen LogP contribution in [-0.4, -0.2) is 27.6 Å². The topological polar surface area (TPSA) is 69.2 Å². The summed E-state index contributed by atoms with van der Waals surface area (Å²) in [5.74, 6) is -1.35. The summed E-state index contributed by atoms with van der Waals surface area (Å²) >= 11 is 5.89. The van der Waals surface area contributed by atoms with Crippen LogP contribution in [0.3, 0.4) is 0 Å².